The average molecular weight is 588 g/mol. The van der Waals surface area contributed by atoms with Crippen molar-refractivity contribution in [3.63, 3.8) is 0 Å². The van der Waals surface area contributed by atoms with Gasteiger partial charge in [-0.1, -0.05) is 59.3 Å². The monoisotopic (exact) mass is 587 g/mol. The number of nitrogens with zero attached hydrogens (tertiary/aromatic N) is 4. The Hall–Kier alpha value is -3.99. The normalized spacial score (nSPS) is 15.7. The lowest BCUT2D eigenvalue weighted by molar-refractivity contribution is 0.505. The average Bonchev–Trinajstić information content (AvgIpc) is 2.94. The topological polar surface area (TPSA) is 110 Å². The van der Waals surface area contributed by atoms with Gasteiger partial charge in [-0.3, -0.25) is 14.7 Å². The van der Waals surface area contributed by atoms with Crippen molar-refractivity contribution >= 4 is 55.1 Å². The fraction of sp³-hybridized carbons (Fsp3) is 0.103. The second-order valence-electron chi connectivity index (χ2n) is 9.07. The molecule has 3 aromatic carbocycles. The van der Waals surface area contributed by atoms with E-state index in [2.05, 4.69) is 19.7 Å². The fourth-order valence-corrected chi connectivity index (χ4v) is 7.11. The molecular formula is C29H22ClN5O3S2. The van der Waals surface area contributed by atoms with E-state index in [0.29, 0.717) is 45.2 Å². The van der Waals surface area contributed by atoms with Gasteiger partial charge in [-0.2, -0.15) is 0 Å². The van der Waals surface area contributed by atoms with Gasteiger partial charge in [-0.15, -0.1) is 0 Å². The maximum atomic E-state index is 13.2. The summed E-state index contributed by atoms with van der Waals surface area (Å²) in [6, 6.07) is 22.1. The van der Waals surface area contributed by atoms with Gasteiger partial charge in [0.2, 0.25) is 11.4 Å². The van der Waals surface area contributed by atoms with Crippen LogP contribution in [-0.4, -0.2) is 30.1 Å². The van der Waals surface area contributed by atoms with E-state index in [4.69, 9.17) is 21.0 Å². The van der Waals surface area contributed by atoms with Crippen LogP contribution in [0.3, 0.4) is 0 Å². The van der Waals surface area contributed by atoms with Gasteiger partial charge in [0.05, 0.1) is 27.2 Å². The van der Waals surface area contributed by atoms with Gasteiger partial charge < -0.3 is 4.42 Å². The number of aliphatic imine (C=N–C) groups is 1. The Bertz CT molecular complexity index is 1940. The number of nitrogens with one attached hydrogen (secondary N) is 1. The van der Waals surface area contributed by atoms with Crippen LogP contribution in [0.15, 0.2) is 109 Å². The Labute approximate surface area is 240 Å². The van der Waals surface area contributed by atoms with Crippen molar-refractivity contribution in [2.24, 2.45) is 9.98 Å². The number of hydrogen-bond acceptors (Lipinski definition) is 8. The largest absolute Gasteiger partial charge is 0.419 e. The highest BCUT2D eigenvalue weighted by Gasteiger charge is 2.30. The van der Waals surface area contributed by atoms with Crippen molar-refractivity contribution in [1.29, 1.82) is 0 Å². The smallest absolute Gasteiger partial charge is 0.264 e. The molecule has 1 aliphatic heterocycles. The number of halogens is 1. The predicted octanol–water partition coefficient (Wildman–Crippen LogP) is 6.07. The van der Waals surface area contributed by atoms with Gasteiger partial charge in [0, 0.05) is 23.8 Å². The molecule has 40 heavy (non-hydrogen) atoms. The number of aromatic nitrogens is 2. The van der Waals surface area contributed by atoms with Crippen LogP contribution < -0.4 is 10.3 Å². The third-order valence-corrected chi connectivity index (χ3v) is 9.11. The fourth-order valence-electron chi connectivity index (χ4n) is 4.15. The number of pyridine rings is 1. The molecule has 1 aliphatic rings. The SMILES string of the molecule is Cc1ccc(N=c2oc(-c3cc4c(cc3Cl)SC(=NCCc3cccnc3)NS4(=O)=O)nc3ccccc23)cc1. The summed E-state index contributed by atoms with van der Waals surface area (Å²) < 4.78 is 35.2. The summed E-state index contributed by atoms with van der Waals surface area (Å²) in [6.45, 7) is 2.41. The second kappa shape index (κ2) is 10.9. The van der Waals surface area contributed by atoms with E-state index < -0.39 is 10.0 Å². The zero-order chi connectivity index (χ0) is 27.7. The first-order valence-corrected chi connectivity index (χ1v) is 15.0. The lowest BCUT2D eigenvalue weighted by atomic mass is 10.2. The van der Waals surface area contributed by atoms with Crippen LogP contribution in [0.2, 0.25) is 5.02 Å². The third kappa shape index (κ3) is 5.51. The summed E-state index contributed by atoms with van der Waals surface area (Å²) in [4.78, 5) is 18.4. The number of aryl methyl sites for hydroxylation is 1. The number of fused-ring (bicyclic) bond motifs is 2. The highest BCUT2D eigenvalue weighted by atomic mass is 35.5. The number of sulfonamides is 1. The van der Waals surface area contributed by atoms with Crippen LogP contribution in [0.25, 0.3) is 22.4 Å². The van der Waals surface area contributed by atoms with Gasteiger partial charge in [-0.05, 0) is 61.4 Å². The molecule has 0 fully saturated rings. The Morgan fingerprint density at radius 3 is 2.67 bits per heavy atom. The zero-order valence-corrected chi connectivity index (χ0v) is 23.6. The van der Waals surface area contributed by atoms with Crippen molar-refractivity contribution in [2.75, 3.05) is 6.54 Å². The first-order valence-electron chi connectivity index (χ1n) is 12.3. The standard InChI is InChI=1S/C29H22ClN5O3S2/c1-18-8-10-20(11-9-18)33-27-21-6-2-3-7-24(21)34-28(38-27)22-15-26-25(16-23(22)30)39-29(35-40(26,36)37)32-14-12-19-5-4-13-31-17-19/h2-11,13,15-17H,12,14H2,1H3,(H,32,35). The van der Waals surface area contributed by atoms with Crippen LogP contribution in [0, 0.1) is 6.92 Å². The molecule has 11 heteroatoms. The predicted molar refractivity (Wildman–Crippen MR) is 157 cm³/mol. The molecule has 2 aromatic heterocycles. The first kappa shape index (κ1) is 26.2. The van der Waals surface area contributed by atoms with Gasteiger partial charge in [0.15, 0.2) is 5.17 Å². The highest BCUT2D eigenvalue weighted by Crippen LogP contribution is 2.39. The number of amidine groups is 1. The minimum Gasteiger partial charge on any atom is -0.419 e. The Balaban J connectivity index is 1.39. The van der Waals surface area contributed by atoms with Gasteiger partial charge >= 0.3 is 0 Å². The molecule has 1 N–H and O–H groups in total. The number of rotatable bonds is 5. The number of thioether (sulfide) groups is 1. The second-order valence-corrected chi connectivity index (χ2v) is 12.2. The van der Waals surface area contributed by atoms with Crippen molar-refractivity contribution in [3.05, 3.63) is 107 Å². The lowest BCUT2D eigenvalue weighted by Crippen LogP contribution is -2.32. The molecule has 0 spiro atoms. The van der Waals surface area contributed by atoms with Crippen LogP contribution in [0.4, 0.5) is 5.69 Å². The summed E-state index contributed by atoms with van der Waals surface area (Å²) in [7, 11) is -3.90. The molecule has 3 heterocycles. The van der Waals surface area contributed by atoms with Gasteiger partial charge in [0.1, 0.15) is 4.90 Å². The minimum atomic E-state index is -3.90. The molecule has 6 rings (SSSR count). The summed E-state index contributed by atoms with van der Waals surface area (Å²) in [5.41, 5.74) is 4.18. The van der Waals surface area contributed by atoms with Gasteiger partial charge in [-0.25, -0.2) is 18.4 Å². The maximum Gasteiger partial charge on any atom is 0.264 e. The van der Waals surface area contributed by atoms with Crippen LogP contribution >= 0.6 is 23.4 Å². The molecule has 200 valence electrons. The number of hydrogen-bond donors (Lipinski definition) is 1. The van der Waals surface area contributed by atoms with Crippen molar-refractivity contribution < 1.29 is 12.8 Å². The van der Waals surface area contributed by atoms with Crippen molar-refractivity contribution in [1.82, 2.24) is 14.7 Å². The van der Waals surface area contributed by atoms with Crippen molar-refractivity contribution in [3.8, 4) is 11.5 Å². The molecule has 0 atom stereocenters. The number of para-hydroxylation sites is 1. The summed E-state index contributed by atoms with van der Waals surface area (Å²) in [5, 5.41) is 1.30. The molecule has 0 amide bonds. The molecule has 5 aromatic rings. The zero-order valence-electron chi connectivity index (χ0n) is 21.2. The summed E-state index contributed by atoms with van der Waals surface area (Å²) >= 11 is 7.91. The van der Waals surface area contributed by atoms with E-state index in [9.17, 15) is 8.42 Å². The molecule has 0 radical (unpaired) electrons. The minimum absolute atomic E-state index is 0.0743. The molecular weight excluding hydrogens is 566 g/mol. The molecule has 0 aliphatic carbocycles. The van der Waals surface area contributed by atoms with Crippen molar-refractivity contribution in [2.45, 2.75) is 23.1 Å². The summed E-state index contributed by atoms with van der Waals surface area (Å²) in [5.74, 6) is 0.161. The van der Waals surface area contributed by atoms with E-state index in [0.717, 1.165) is 16.5 Å². The molecule has 0 saturated carbocycles. The highest BCUT2D eigenvalue weighted by molar-refractivity contribution is 8.16. The molecule has 0 saturated heterocycles. The Kier molecular flexibility index (Phi) is 7.14. The quantitative estimate of drug-likeness (QED) is 0.267. The summed E-state index contributed by atoms with van der Waals surface area (Å²) in [6.07, 6.45) is 4.10. The van der Waals surface area contributed by atoms with Gasteiger partial charge in [0.25, 0.3) is 10.0 Å². The molecule has 8 nitrogen and oxygen atoms in total. The van der Waals surface area contributed by atoms with Crippen LogP contribution in [0.5, 0.6) is 0 Å². The molecule has 0 unspecified atom stereocenters. The first-order chi connectivity index (χ1) is 19.4. The molecule has 0 bridgehead atoms. The van der Waals surface area contributed by atoms with E-state index in [-0.39, 0.29) is 16.0 Å². The van der Waals surface area contributed by atoms with E-state index in [1.165, 1.54) is 17.8 Å². The van der Waals surface area contributed by atoms with E-state index in [1.54, 1.807) is 18.5 Å². The third-order valence-electron chi connectivity index (χ3n) is 6.17. The van der Waals surface area contributed by atoms with Crippen LogP contribution in [0.1, 0.15) is 11.1 Å². The van der Waals surface area contributed by atoms with Crippen LogP contribution in [-0.2, 0) is 16.4 Å². The Morgan fingerprint density at radius 2 is 1.88 bits per heavy atom. The maximum absolute atomic E-state index is 13.2. The van der Waals surface area contributed by atoms with E-state index in [1.807, 2.05) is 67.6 Å². The van der Waals surface area contributed by atoms with E-state index >= 15 is 0 Å². The number of benzene rings is 3. The lowest BCUT2D eigenvalue weighted by Gasteiger charge is -2.20. The Morgan fingerprint density at radius 1 is 1.05 bits per heavy atom.